The van der Waals surface area contributed by atoms with E-state index in [0.717, 1.165) is 12.1 Å². The van der Waals surface area contributed by atoms with Gasteiger partial charge >= 0.3 is 6.01 Å². The van der Waals surface area contributed by atoms with E-state index in [4.69, 9.17) is 4.42 Å². The monoisotopic (exact) mass is 333 g/mol. The molecule has 0 amide bonds. The molecule has 0 atom stereocenters. The van der Waals surface area contributed by atoms with Crippen LogP contribution < -0.4 is 4.72 Å². The predicted octanol–water partition coefficient (Wildman–Crippen LogP) is 2.26. The SMILES string of the molecule is O=S(=O)(CC1(F)CC1)Nc1nnc(-c2ccc(F)cc2F)o1. The van der Waals surface area contributed by atoms with E-state index < -0.39 is 39.1 Å². The van der Waals surface area contributed by atoms with Gasteiger partial charge in [-0.3, -0.25) is 0 Å². The maximum Gasteiger partial charge on any atom is 0.329 e. The van der Waals surface area contributed by atoms with Gasteiger partial charge in [-0.05, 0) is 25.0 Å². The average Bonchev–Trinajstić information content (AvgIpc) is 2.93. The van der Waals surface area contributed by atoms with Crippen molar-refractivity contribution in [1.29, 1.82) is 0 Å². The van der Waals surface area contributed by atoms with Crippen LogP contribution in [0.1, 0.15) is 12.8 Å². The van der Waals surface area contributed by atoms with Gasteiger partial charge in [0.05, 0.1) is 5.56 Å². The second-order valence-corrected chi connectivity index (χ2v) is 6.77. The van der Waals surface area contributed by atoms with E-state index >= 15 is 0 Å². The lowest BCUT2D eigenvalue weighted by atomic mass is 10.2. The second kappa shape index (κ2) is 4.97. The van der Waals surface area contributed by atoms with Gasteiger partial charge in [0.15, 0.2) is 0 Å². The van der Waals surface area contributed by atoms with Crippen LogP contribution in [0.4, 0.5) is 19.2 Å². The van der Waals surface area contributed by atoms with Crippen molar-refractivity contribution < 1.29 is 26.0 Å². The molecule has 2 aromatic rings. The van der Waals surface area contributed by atoms with Gasteiger partial charge in [0, 0.05) is 6.07 Å². The first-order valence-electron chi connectivity index (χ1n) is 6.25. The number of nitrogens with one attached hydrogen (secondary N) is 1. The second-order valence-electron chi connectivity index (χ2n) is 5.05. The zero-order chi connectivity index (χ0) is 16.0. The fourth-order valence-corrected chi connectivity index (χ4v) is 3.22. The lowest BCUT2D eigenvalue weighted by Gasteiger charge is -2.05. The Hall–Kier alpha value is -2.10. The van der Waals surface area contributed by atoms with Crippen LogP contribution >= 0.6 is 0 Å². The largest absolute Gasteiger partial charge is 0.403 e. The molecule has 10 heteroatoms. The zero-order valence-corrected chi connectivity index (χ0v) is 11.8. The molecule has 6 nitrogen and oxygen atoms in total. The van der Waals surface area contributed by atoms with Crippen molar-refractivity contribution in [3.63, 3.8) is 0 Å². The van der Waals surface area contributed by atoms with Crippen LogP contribution in [0.15, 0.2) is 22.6 Å². The number of nitrogens with zero attached hydrogens (tertiary/aromatic N) is 2. The summed E-state index contributed by atoms with van der Waals surface area (Å²) < 4.78 is 70.2. The highest BCUT2D eigenvalue weighted by Gasteiger charge is 2.47. The molecule has 1 aromatic carbocycles. The number of benzene rings is 1. The third-order valence-electron chi connectivity index (χ3n) is 3.07. The Labute approximate surface area is 123 Å². The average molecular weight is 333 g/mol. The molecule has 1 fully saturated rings. The molecule has 118 valence electrons. The quantitative estimate of drug-likeness (QED) is 0.907. The lowest BCUT2D eigenvalue weighted by Crippen LogP contribution is -2.24. The Balaban J connectivity index is 1.79. The normalized spacial score (nSPS) is 16.5. The summed E-state index contributed by atoms with van der Waals surface area (Å²) >= 11 is 0. The molecular weight excluding hydrogens is 323 g/mol. The predicted molar refractivity (Wildman–Crippen MR) is 70.1 cm³/mol. The van der Waals surface area contributed by atoms with Gasteiger partial charge in [0.2, 0.25) is 10.0 Å². The third kappa shape index (κ3) is 3.21. The van der Waals surface area contributed by atoms with Crippen molar-refractivity contribution in [2.75, 3.05) is 10.5 Å². The molecule has 0 aliphatic heterocycles. The van der Waals surface area contributed by atoms with Gasteiger partial charge < -0.3 is 4.42 Å². The van der Waals surface area contributed by atoms with Crippen molar-refractivity contribution >= 4 is 16.0 Å². The number of halogens is 3. The Bertz CT molecular complexity index is 818. The number of anilines is 1. The number of sulfonamides is 1. The summed E-state index contributed by atoms with van der Waals surface area (Å²) in [5.41, 5.74) is -1.89. The van der Waals surface area contributed by atoms with Crippen LogP contribution in [0.3, 0.4) is 0 Å². The van der Waals surface area contributed by atoms with Gasteiger partial charge in [0.25, 0.3) is 5.89 Å². The first kappa shape index (κ1) is 14.8. The summed E-state index contributed by atoms with van der Waals surface area (Å²) in [4.78, 5) is 0. The summed E-state index contributed by atoms with van der Waals surface area (Å²) in [5.74, 6) is -2.74. The Kier molecular flexibility index (Phi) is 3.35. The first-order chi connectivity index (χ1) is 10.3. The number of alkyl halides is 1. The zero-order valence-electron chi connectivity index (χ0n) is 11.0. The maximum atomic E-state index is 13.6. The minimum Gasteiger partial charge on any atom is -0.403 e. The number of hydrogen-bond donors (Lipinski definition) is 1. The minimum absolute atomic E-state index is 0.177. The highest BCUT2D eigenvalue weighted by atomic mass is 32.2. The molecule has 1 saturated carbocycles. The Morgan fingerprint density at radius 3 is 2.64 bits per heavy atom. The number of hydrogen-bond acceptors (Lipinski definition) is 5. The third-order valence-corrected chi connectivity index (χ3v) is 4.45. The molecule has 1 N–H and O–H groups in total. The lowest BCUT2D eigenvalue weighted by molar-refractivity contribution is 0.341. The maximum absolute atomic E-state index is 13.6. The van der Waals surface area contributed by atoms with E-state index in [0.29, 0.717) is 6.07 Å². The van der Waals surface area contributed by atoms with E-state index in [-0.39, 0.29) is 24.3 Å². The van der Waals surface area contributed by atoms with Crippen molar-refractivity contribution in [2.45, 2.75) is 18.5 Å². The molecule has 3 rings (SSSR count). The van der Waals surface area contributed by atoms with Gasteiger partial charge in [-0.25, -0.2) is 26.3 Å². The van der Waals surface area contributed by atoms with E-state index in [9.17, 15) is 21.6 Å². The Morgan fingerprint density at radius 1 is 1.27 bits per heavy atom. The van der Waals surface area contributed by atoms with Crippen molar-refractivity contribution in [3.05, 3.63) is 29.8 Å². The summed E-state index contributed by atoms with van der Waals surface area (Å²) in [6, 6.07) is 2.19. The van der Waals surface area contributed by atoms with E-state index in [1.54, 1.807) is 0 Å². The first-order valence-corrected chi connectivity index (χ1v) is 7.90. The molecule has 0 bridgehead atoms. The summed E-state index contributed by atoms with van der Waals surface area (Å²) in [6.07, 6.45) is 0.369. The number of aromatic nitrogens is 2. The van der Waals surface area contributed by atoms with Gasteiger partial charge in [-0.15, -0.1) is 5.10 Å². The molecule has 1 aliphatic rings. The van der Waals surface area contributed by atoms with Gasteiger partial charge in [-0.1, -0.05) is 5.10 Å². The number of rotatable bonds is 5. The molecule has 1 aliphatic carbocycles. The van der Waals surface area contributed by atoms with E-state index in [1.165, 1.54) is 0 Å². The summed E-state index contributed by atoms with van der Waals surface area (Å²) in [5, 5.41) is 6.88. The van der Waals surface area contributed by atoms with Crippen LogP contribution in [0, 0.1) is 11.6 Å². The molecule has 1 heterocycles. The Morgan fingerprint density at radius 2 is 2.00 bits per heavy atom. The topological polar surface area (TPSA) is 85.1 Å². The van der Waals surface area contributed by atoms with Crippen LogP contribution in [-0.2, 0) is 10.0 Å². The van der Waals surface area contributed by atoms with E-state index in [1.807, 2.05) is 4.72 Å². The molecule has 0 spiro atoms. The summed E-state index contributed by atoms with van der Waals surface area (Å²) in [7, 11) is -3.99. The van der Waals surface area contributed by atoms with Crippen molar-refractivity contribution in [2.24, 2.45) is 0 Å². The molecule has 1 aromatic heterocycles. The molecule has 0 saturated heterocycles. The highest BCUT2D eigenvalue weighted by molar-refractivity contribution is 7.92. The fraction of sp³-hybridized carbons (Fsp3) is 0.333. The highest BCUT2D eigenvalue weighted by Crippen LogP contribution is 2.41. The van der Waals surface area contributed by atoms with Gasteiger partial charge in [0.1, 0.15) is 23.1 Å². The molecule has 0 radical (unpaired) electrons. The fourth-order valence-electron chi connectivity index (χ4n) is 1.83. The van der Waals surface area contributed by atoms with Gasteiger partial charge in [-0.2, -0.15) is 0 Å². The van der Waals surface area contributed by atoms with Crippen LogP contribution in [0.2, 0.25) is 0 Å². The van der Waals surface area contributed by atoms with Crippen molar-refractivity contribution in [1.82, 2.24) is 10.2 Å². The summed E-state index contributed by atoms with van der Waals surface area (Å²) in [6.45, 7) is 0. The standard InChI is InChI=1S/C12H10F3N3O3S/c13-7-1-2-8(9(14)5-7)10-16-17-11(21-10)18-22(19,20)6-12(15)3-4-12/h1-2,5H,3-4,6H2,(H,17,18). The molecule has 0 unspecified atom stereocenters. The minimum atomic E-state index is -3.99. The van der Waals surface area contributed by atoms with Crippen molar-refractivity contribution in [3.8, 4) is 11.5 Å². The van der Waals surface area contributed by atoms with E-state index in [2.05, 4.69) is 10.2 Å². The van der Waals surface area contributed by atoms with Crippen LogP contribution in [-0.4, -0.2) is 30.0 Å². The smallest absolute Gasteiger partial charge is 0.329 e. The molecular formula is C12H10F3N3O3S. The van der Waals surface area contributed by atoms with Crippen LogP contribution in [0.25, 0.3) is 11.5 Å². The van der Waals surface area contributed by atoms with Crippen LogP contribution in [0.5, 0.6) is 0 Å². The molecule has 22 heavy (non-hydrogen) atoms.